The number of carbonyl (C=O) groups is 7. The minimum absolute atomic E-state index is 0.00936. The average Bonchev–Trinajstić information content (AvgIpc) is 1.65. The van der Waals surface area contributed by atoms with Crippen molar-refractivity contribution in [2.24, 2.45) is 17.2 Å². The van der Waals surface area contributed by atoms with Gasteiger partial charge in [0.15, 0.2) is 34.4 Å². The second-order valence-corrected chi connectivity index (χ2v) is 23.6. The van der Waals surface area contributed by atoms with Crippen molar-refractivity contribution in [1.29, 1.82) is 0 Å². The Morgan fingerprint density at radius 3 is 1.11 bits per heavy atom. The molecule has 9 rings (SSSR count). The first-order valence-corrected chi connectivity index (χ1v) is 30.7. The van der Waals surface area contributed by atoms with Crippen LogP contribution in [0.5, 0.6) is 0 Å². The summed E-state index contributed by atoms with van der Waals surface area (Å²) in [5.74, 6) is -8.26. The van der Waals surface area contributed by atoms with Gasteiger partial charge in [-0.1, -0.05) is 0 Å². The van der Waals surface area contributed by atoms with Crippen molar-refractivity contribution in [3.63, 3.8) is 0 Å². The van der Waals surface area contributed by atoms with Crippen LogP contribution < -0.4 is 100 Å². The maximum Gasteiger partial charge on any atom is 0.328 e. The van der Waals surface area contributed by atoms with Crippen LogP contribution in [-0.4, -0.2) is 177 Å². The number of imidazole rings is 3. The van der Waals surface area contributed by atoms with Crippen LogP contribution in [0.25, 0.3) is 33.5 Å². The van der Waals surface area contributed by atoms with Crippen molar-refractivity contribution < 1.29 is 33.6 Å². The summed E-state index contributed by atoms with van der Waals surface area (Å²) >= 11 is 0. The van der Waals surface area contributed by atoms with Gasteiger partial charge in [0, 0.05) is 35.3 Å². The lowest BCUT2D eigenvalue weighted by atomic mass is 10.0. The van der Waals surface area contributed by atoms with Crippen LogP contribution in [0.1, 0.15) is 74.8 Å². The standard InChI is InChI=1S/C57H72N30O13/c1-23-11-82(55(98)79-46(23)89)14-30(49(92)73-29(42(63)88)9-7-8-10-58)74-50(93)31(15-83-12-24(2)47(90)80-56(83)99)75-53(96)34(27(5)86-21-71-37-40(61)65-18-68-44(37)86)77-51(94)32(16-84-13-25(3)48(91)81-57(84)100)76-54(97)35(28(6)87-22-72-38-41(62)66-19-69-45(38)87)78-52(95)33(59)26(4)85-20-70-36-39(60)64-17-67-43(36)85/h11-13,17-22,26-35H,7-10,14-16,58-59H2,1-6H3,(H2,63,88)(H,73,92)(H,74,93)(H,75,96)(H,76,97)(H,77,94)(H,78,95)(H2,60,64,67)(H2,61,65,68)(H2,62,66,69)(H,79,89,98)(H,80,90,99)(H,81,91,100)/t26?,27?,28?,29-,30-,31-,32-,33-,34-,35-/m0/s1. The second-order valence-electron chi connectivity index (χ2n) is 23.6. The quantitative estimate of drug-likeness (QED) is 0.0194. The highest BCUT2D eigenvalue weighted by Gasteiger charge is 2.40. The van der Waals surface area contributed by atoms with E-state index in [9.17, 15) is 43.2 Å². The van der Waals surface area contributed by atoms with Crippen LogP contribution in [0.4, 0.5) is 17.5 Å². The Morgan fingerprint density at radius 1 is 0.440 bits per heavy atom. The minimum Gasteiger partial charge on any atom is -0.382 e. The number of unbranched alkanes of at least 4 members (excludes halogenated alkanes) is 1. The maximum atomic E-state index is 15.7. The van der Waals surface area contributed by atoms with Crippen molar-refractivity contribution in [2.45, 2.75) is 141 Å². The van der Waals surface area contributed by atoms with Gasteiger partial charge in [-0.15, -0.1) is 0 Å². The molecule has 0 aliphatic heterocycles. The number of H-pyrrole nitrogens is 3. The summed E-state index contributed by atoms with van der Waals surface area (Å²) in [4.78, 5) is 226. The van der Waals surface area contributed by atoms with Crippen molar-refractivity contribution >= 4 is 92.3 Å². The summed E-state index contributed by atoms with van der Waals surface area (Å²) in [6.07, 6.45) is 11.0. The maximum absolute atomic E-state index is 15.7. The third-order valence-corrected chi connectivity index (χ3v) is 16.6. The van der Waals surface area contributed by atoms with E-state index in [1.54, 1.807) is 6.92 Å². The molecule has 9 aromatic rings. The predicted molar refractivity (Wildman–Crippen MR) is 353 cm³/mol. The lowest BCUT2D eigenvalue weighted by molar-refractivity contribution is -0.136. The molecule has 9 aromatic heterocycles. The normalized spacial score (nSPS) is 14.6. The van der Waals surface area contributed by atoms with Crippen LogP contribution >= 0.6 is 0 Å². The third kappa shape index (κ3) is 15.6. The zero-order valence-electron chi connectivity index (χ0n) is 54.4. The smallest absolute Gasteiger partial charge is 0.328 e. The summed E-state index contributed by atoms with van der Waals surface area (Å²) < 4.78 is 6.64. The Morgan fingerprint density at radius 2 is 0.760 bits per heavy atom. The van der Waals surface area contributed by atoms with Crippen molar-refractivity contribution in [2.75, 3.05) is 23.7 Å². The number of aromatic nitrogens is 18. The Labute approximate surface area is 560 Å². The molecule has 0 aliphatic carbocycles. The molecule has 0 spiro atoms. The fourth-order valence-corrected chi connectivity index (χ4v) is 10.8. The van der Waals surface area contributed by atoms with Crippen LogP contribution in [0, 0.1) is 20.8 Å². The summed E-state index contributed by atoms with van der Waals surface area (Å²) in [5.41, 5.74) is 31.2. The Kier molecular flexibility index (Phi) is 21.6. The molecule has 100 heavy (non-hydrogen) atoms. The van der Waals surface area contributed by atoms with Gasteiger partial charge in [-0.25, -0.2) is 59.2 Å². The Bertz CT molecular complexity index is 5020. The van der Waals surface area contributed by atoms with Gasteiger partial charge in [0.1, 0.15) is 77.8 Å². The first-order chi connectivity index (χ1) is 47.5. The fraction of sp³-hybridized carbons (Fsp3) is 0.404. The number of carbonyl (C=O) groups excluding carboxylic acids is 7. The number of nitrogens with one attached hydrogen (secondary N) is 9. The molecule has 43 heteroatoms. The molecule has 0 saturated carbocycles. The molecule has 0 bridgehead atoms. The van der Waals surface area contributed by atoms with E-state index < -0.39 is 155 Å². The van der Waals surface area contributed by atoms with E-state index in [1.807, 2.05) is 0 Å². The molecule has 528 valence electrons. The van der Waals surface area contributed by atoms with Crippen LogP contribution in [0.15, 0.2) is 85.3 Å². The van der Waals surface area contributed by atoms with Crippen LogP contribution in [0.2, 0.25) is 0 Å². The summed E-state index contributed by atoms with van der Waals surface area (Å²) in [6.45, 7) is 6.15. The lowest BCUT2D eigenvalue weighted by Gasteiger charge is -2.32. The van der Waals surface area contributed by atoms with Gasteiger partial charge in [-0.2, -0.15) is 0 Å². The molecule has 10 atom stereocenters. The van der Waals surface area contributed by atoms with E-state index in [1.165, 1.54) is 73.6 Å². The number of aryl methyl sites for hydroxylation is 3. The molecule has 0 aromatic carbocycles. The molecule has 0 aliphatic rings. The van der Waals surface area contributed by atoms with Gasteiger partial charge in [-0.05, 0) is 67.3 Å². The highest BCUT2D eigenvalue weighted by atomic mass is 16.2. The SMILES string of the molecule is Cc1cn(C[C@H](NC(=O)[C@H](Cn2cc(C)c(=O)[nH]c2=O)NC(=O)[C@@H](NC(=O)[C@H](Cn2cc(C)c(=O)[nH]c2=O)NC(=O)[C@@H](NC(=O)[C@@H](N)C(C)n2cnc3c(N)ncnc32)C(C)n2cnc3c(N)ncnc32)C(C)n2cnc3c(N)ncnc32)C(=O)N[C@@H](CCCCN)C(N)=O)c(=O)[nH]c1=O. The van der Waals surface area contributed by atoms with E-state index in [-0.39, 0.29) is 80.6 Å². The lowest BCUT2D eigenvalue weighted by Crippen LogP contribution is -2.63. The van der Waals surface area contributed by atoms with Gasteiger partial charge in [0.25, 0.3) is 16.7 Å². The number of primary amides is 1. The topological polar surface area (TPSA) is 643 Å². The van der Waals surface area contributed by atoms with E-state index in [0.29, 0.717) is 12.8 Å². The molecule has 7 amide bonds. The van der Waals surface area contributed by atoms with E-state index in [0.717, 1.165) is 44.9 Å². The average molecular weight is 1390 g/mol. The van der Waals surface area contributed by atoms with Crippen molar-refractivity contribution in [1.82, 2.24) is 119 Å². The molecule has 0 fully saturated rings. The van der Waals surface area contributed by atoms with Gasteiger partial charge in [-0.3, -0.25) is 76.6 Å². The number of amides is 7. The first-order valence-electron chi connectivity index (χ1n) is 30.7. The Balaban J connectivity index is 1.12. The fourth-order valence-electron chi connectivity index (χ4n) is 10.8. The second kappa shape index (κ2) is 30.2. The highest BCUT2D eigenvalue weighted by Crippen LogP contribution is 2.25. The van der Waals surface area contributed by atoms with Crippen molar-refractivity contribution in [3.05, 3.63) is 136 Å². The Hall–Kier alpha value is -12.7. The zero-order chi connectivity index (χ0) is 72.7. The van der Waals surface area contributed by atoms with Crippen molar-refractivity contribution in [3.8, 4) is 0 Å². The van der Waals surface area contributed by atoms with Crippen LogP contribution in [0.3, 0.4) is 0 Å². The van der Waals surface area contributed by atoms with Gasteiger partial charge >= 0.3 is 17.1 Å². The van der Waals surface area contributed by atoms with Gasteiger partial charge in [0.05, 0.1) is 56.7 Å². The molecular weight excluding hydrogens is 1310 g/mol. The number of aromatic amines is 3. The van der Waals surface area contributed by atoms with E-state index in [2.05, 4.69) is 91.7 Å². The molecule has 43 nitrogen and oxygen atoms in total. The van der Waals surface area contributed by atoms with E-state index in [4.69, 9.17) is 34.4 Å². The largest absolute Gasteiger partial charge is 0.382 e. The van der Waals surface area contributed by atoms with Gasteiger partial charge < -0.3 is 80.0 Å². The zero-order valence-corrected chi connectivity index (χ0v) is 54.4. The molecule has 0 radical (unpaired) electrons. The van der Waals surface area contributed by atoms with Gasteiger partial charge in [0.2, 0.25) is 41.4 Å². The number of hydrogen-bond acceptors (Lipinski definition) is 27. The third-order valence-electron chi connectivity index (χ3n) is 16.6. The predicted octanol–water partition coefficient (Wildman–Crippen LogP) is -7.64. The number of fused-ring (bicyclic) bond motifs is 3. The highest BCUT2D eigenvalue weighted by molar-refractivity contribution is 5.98. The van der Waals surface area contributed by atoms with Crippen LogP contribution in [-0.2, 0) is 53.2 Å². The van der Waals surface area contributed by atoms with E-state index >= 15 is 19.2 Å². The number of nitrogen functional groups attached to an aromatic ring is 3. The summed E-state index contributed by atoms with van der Waals surface area (Å²) in [7, 11) is 0. The number of nitrogens with zero attached hydrogens (tertiary/aromatic N) is 15. The molecule has 3 unspecified atom stereocenters. The summed E-state index contributed by atoms with van der Waals surface area (Å²) in [5, 5.41) is 15.3. The molecule has 9 heterocycles. The monoisotopic (exact) mass is 1380 g/mol. The number of anilines is 3. The molecule has 21 N–H and O–H groups in total. The molecule has 0 saturated heterocycles. The number of nitrogens with two attached hydrogens (primary N) is 6. The number of rotatable bonds is 29. The number of hydrogen-bond donors (Lipinski definition) is 15. The molecular formula is C57H72N30O13. The summed E-state index contributed by atoms with van der Waals surface area (Å²) in [6, 6.07) is -16.3. The minimum atomic E-state index is -2.06. The first kappa shape index (κ1) is 71.6.